The van der Waals surface area contributed by atoms with Gasteiger partial charge in [0.1, 0.15) is 5.76 Å². The van der Waals surface area contributed by atoms with Gasteiger partial charge < -0.3 is 9.84 Å². The van der Waals surface area contributed by atoms with E-state index in [2.05, 4.69) is 0 Å². The summed E-state index contributed by atoms with van der Waals surface area (Å²) in [6.45, 7) is 2.15. The van der Waals surface area contributed by atoms with Crippen LogP contribution in [0.2, 0.25) is 0 Å². The minimum absolute atomic E-state index is 0.239. The lowest BCUT2D eigenvalue weighted by Crippen LogP contribution is -2.11. The van der Waals surface area contributed by atoms with E-state index in [0.29, 0.717) is 25.0 Å². The molecule has 1 N–H and O–H groups in total. The highest BCUT2D eigenvalue weighted by molar-refractivity contribution is 5.88. The first-order valence-electron chi connectivity index (χ1n) is 5.33. The van der Waals surface area contributed by atoms with Crippen LogP contribution in [0.15, 0.2) is 11.3 Å². The fraction of sp³-hybridized carbons (Fsp3) is 0.727. The molecule has 0 aliphatic heterocycles. The predicted molar refractivity (Wildman–Crippen MR) is 54.0 cm³/mol. The number of rotatable bonds is 2. The molecule has 0 atom stereocenters. The van der Waals surface area contributed by atoms with Gasteiger partial charge >= 0.3 is 5.97 Å². The zero-order chi connectivity index (χ0) is 10.4. The number of hydrogen-bond donors (Lipinski definition) is 1. The molecule has 0 spiro atoms. The molecule has 0 unspecified atom stereocenters. The maximum Gasteiger partial charge on any atom is 0.337 e. The van der Waals surface area contributed by atoms with E-state index in [-0.39, 0.29) is 11.7 Å². The van der Waals surface area contributed by atoms with Crippen molar-refractivity contribution in [1.29, 1.82) is 0 Å². The van der Waals surface area contributed by atoms with Crippen molar-refractivity contribution in [2.24, 2.45) is 0 Å². The second kappa shape index (κ2) is 5.68. The molecular formula is C11H18O3. The first-order chi connectivity index (χ1) is 6.75. The molecule has 0 saturated heterocycles. The summed E-state index contributed by atoms with van der Waals surface area (Å²) in [7, 11) is 0. The minimum Gasteiger partial charge on any atom is -0.512 e. The molecule has 0 saturated carbocycles. The Bertz CT molecular complexity index is 231. The maximum absolute atomic E-state index is 11.4. The van der Waals surface area contributed by atoms with Gasteiger partial charge in [-0.3, -0.25) is 0 Å². The van der Waals surface area contributed by atoms with Crippen LogP contribution >= 0.6 is 0 Å². The van der Waals surface area contributed by atoms with Crippen LogP contribution < -0.4 is 0 Å². The highest BCUT2D eigenvalue weighted by Gasteiger charge is 2.17. The van der Waals surface area contributed by atoms with Gasteiger partial charge in [0, 0.05) is 6.42 Å². The van der Waals surface area contributed by atoms with Gasteiger partial charge in [-0.2, -0.15) is 0 Å². The van der Waals surface area contributed by atoms with Crippen LogP contribution in [0.5, 0.6) is 0 Å². The van der Waals surface area contributed by atoms with E-state index >= 15 is 0 Å². The highest BCUT2D eigenvalue weighted by atomic mass is 16.5. The Hall–Kier alpha value is -0.990. The largest absolute Gasteiger partial charge is 0.512 e. The van der Waals surface area contributed by atoms with Crippen LogP contribution in [0, 0.1) is 0 Å². The average molecular weight is 198 g/mol. The zero-order valence-electron chi connectivity index (χ0n) is 8.71. The zero-order valence-corrected chi connectivity index (χ0v) is 8.71. The summed E-state index contributed by atoms with van der Waals surface area (Å²) in [6, 6.07) is 0. The highest BCUT2D eigenvalue weighted by Crippen LogP contribution is 2.22. The Morgan fingerprint density at radius 1 is 1.29 bits per heavy atom. The number of hydrogen-bond acceptors (Lipinski definition) is 3. The van der Waals surface area contributed by atoms with Crippen LogP contribution in [0.25, 0.3) is 0 Å². The van der Waals surface area contributed by atoms with E-state index in [1.807, 2.05) is 0 Å². The summed E-state index contributed by atoms with van der Waals surface area (Å²) in [5, 5.41) is 9.65. The fourth-order valence-electron chi connectivity index (χ4n) is 1.68. The molecule has 80 valence electrons. The average Bonchev–Trinajstić information content (AvgIpc) is 2.12. The summed E-state index contributed by atoms with van der Waals surface area (Å²) >= 11 is 0. The third-order valence-corrected chi connectivity index (χ3v) is 2.46. The van der Waals surface area contributed by atoms with Crippen molar-refractivity contribution in [3.8, 4) is 0 Å². The lowest BCUT2D eigenvalue weighted by atomic mass is 9.99. The third kappa shape index (κ3) is 3.05. The first kappa shape index (κ1) is 11.1. The van der Waals surface area contributed by atoms with Crippen LogP contribution in [0.4, 0.5) is 0 Å². The van der Waals surface area contributed by atoms with Gasteiger partial charge in [0.25, 0.3) is 0 Å². The normalized spacial score (nSPS) is 18.6. The van der Waals surface area contributed by atoms with Crippen LogP contribution in [0.3, 0.4) is 0 Å². The third-order valence-electron chi connectivity index (χ3n) is 2.46. The molecule has 0 aromatic heterocycles. The molecule has 1 rings (SSSR count). The summed E-state index contributed by atoms with van der Waals surface area (Å²) in [5.74, 6) is -0.102. The van der Waals surface area contributed by atoms with Crippen molar-refractivity contribution in [3.05, 3.63) is 11.3 Å². The number of carbonyl (C=O) groups excluding carboxylic acids is 1. The maximum atomic E-state index is 11.4. The molecule has 0 heterocycles. The van der Waals surface area contributed by atoms with Crippen molar-refractivity contribution >= 4 is 5.97 Å². The summed E-state index contributed by atoms with van der Waals surface area (Å²) in [4.78, 5) is 11.4. The SMILES string of the molecule is CCOC(=O)C1=C(O)CCCCCC1. The topological polar surface area (TPSA) is 46.5 Å². The molecular weight excluding hydrogens is 180 g/mol. The van der Waals surface area contributed by atoms with E-state index in [1.54, 1.807) is 6.92 Å². The summed E-state index contributed by atoms with van der Waals surface area (Å²) < 4.78 is 4.89. The summed E-state index contributed by atoms with van der Waals surface area (Å²) in [6.07, 6.45) is 5.49. The molecule has 0 radical (unpaired) electrons. The Kier molecular flexibility index (Phi) is 4.50. The van der Waals surface area contributed by atoms with Crippen molar-refractivity contribution in [1.82, 2.24) is 0 Å². The molecule has 14 heavy (non-hydrogen) atoms. The van der Waals surface area contributed by atoms with Crippen molar-refractivity contribution in [2.75, 3.05) is 6.61 Å². The van der Waals surface area contributed by atoms with Gasteiger partial charge in [-0.05, 0) is 26.2 Å². The smallest absolute Gasteiger partial charge is 0.337 e. The number of aliphatic hydroxyl groups is 1. The number of aliphatic hydroxyl groups excluding tert-OH is 1. The molecule has 0 bridgehead atoms. The second-order valence-electron chi connectivity index (χ2n) is 3.56. The lowest BCUT2D eigenvalue weighted by molar-refractivity contribution is -0.139. The van der Waals surface area contributed by atoms with E-state index in [1.165, 1.54) is 0 Å². The Morgan fingerprint density at radius 3 is 2.57 bits per heavy atom. The Morgan fingerprint density at radius 2 is 1.93 bits per heavy atom. The van der Waals surface area contributed by atoms with E-state index in [9.17, 15) is 9.90 Å². The summed E-state index contributed by atoms with van der Waals surface area (Å²) in [5.41, 5.74) is 0.492. The van der Waals surface area contributed by atoms with E-state index in [0.717, 1.165) is 25.7 Å². The monoisotopic (exact) mass is 198 g/mol. The number of allylic oxidation sites excluding steroid dienone is 1. The molecule has 0 fully saturated rings. The van der Waals surface area contributed by atoms with Crippen molar-refractivity contribution in [3.63, 3.8) is 0 Å². The van der Waals surface area contributed by atoms with Gasteiger partial charge in [-0.25, -0.2) is 4.79 Å². The molecule has 1 aliphatic carbocycles. The van der Waals surface area contributed by atoms with Gasteiger partial charge in [0.15, 0.2) is 0 Å². The minimum atomic E-state index is -0.341. The lowest BCUT2D eigenvalue weighted by Gasteiger charge is -2.13. The molecule has 1 aliphatic rings. The van der Waals surface area contributed by atoms with E-state index < -0.39 is 0 Å². The predicted octanol–water partition coefficient (Wildman–Crippen LogP) is 2.72. The molecule has 3 heteroatoms. The number of carbonyl (C=O) groups is 1. The number of ether oxygens (including phenoxy) is 1. The van der Waals surface area contributed by atoms with Crippen molar-refractivity contribution in [2.45, 2.75) is 45.4 Å². The van der Waals surface area contributed by atoms with Gasteiger partial charge in [0.2, 0.25) is 0 Å². The van der Waals surface area contributed by atoms with Crippen molar-refractivity contribution < 1.29 is 14.6 Å². The van der Waals surface area contributed by atoms with Crippen LogP contribution in [-0.2, 0) is 9.53 Å². The van der Waals surface area contributed by atoms with Crippen LogP contribution in [0.1, 0.15) is 45.4 Å². The first-order valence-corrected chi connectivity index (χ1v) is 5.33. The van der Waals surface area contributed by atoms with Gasteiger partial charge in [-0.1, -0.05) is 12.8 Å². The standard InChI is InChI=1S/C11H18O3/c1-2-14-11(13)9-7-5-3-4-6-8-10(9)12/h12H,2-8H2,1H3. The quantitative estimate of drug-likeness (QED) is 0.694. The van der Waals surface area contributed by atoms with Crippen LogP contribution in [-0.4, -0.2) is 17.7 Å². The van der Waals surface area contributed by atoms with Gasteiger partial charge in [0.05, 0.1) is 12.2 Å². The Labute approximate surface area is 84.8 Å². The molecule has 0 aromatic rings. The molecule has 0 amide bonds. The number of esters is 1. The van der Waals surface area contributed by atoms with E-state index in [4.69, 9.17) is 4.74 Å². The molecule has 3 nitrogen and oxygen atoms in total. The Balaban J connectivity index is 2.68. The fourth-order valence-corrected chi connectivity index (χ4v) is 1.68. The second-order valence-corrected chi connectivity index (χ2v) is 3.56. The molecule has 0 aromatic carbocycles. The van der Waals surface area contributed by atoms with Gasteiger partial charge in [-0.15, -0.1) is 0 Å².